The average Bonchev–Trinajstić information content (AvgIpc) is 3.19. The maximum Gasteiger partial charge on any atom is 0.279 e. The van der Waals surface area contributed by atoms with Gasteiger partial charge in [0.05, 0.1) is 22.0 Å². The molecule has 3 heterocycles. The first-order valence-electron chi connectivity index (χ1n) is 8.92. The van der Waals surface area contributed by atoms with Crippen LogP contribution in [0.1, 0.15) is 24.2 Å². The van der Waals surface area contributed by atoms with Crippen molar-refractivity contribution >= 4 is 32.8 Å². The minimum absolute atomic E-state index is 0.0858. The van der Waals surface area contributed by atoms with Crippen molar-refractivity contribution in [2.24, 2.45) is 0 Å². The van der Waals surface area contributed by atoms with E-state index in [1.165, 1.54) is 15.9 Å². The van der Waals surface area contributed by atoms with Crippen LogP contribution in [0.4, 0.5) is 0 Å². The van der Waals surface area contributed by atoms with Gasteiger partial charge in [-0.25, -0.2) is 0 Å². The first-order valence-corrected chi connectivity index (χ1v) is 9.80. The number of amides is 1. The predicted molar refractivity (Wildman–Crippen MR) is 110 cm³/mol. The Labute approximate surface area is 160 Å². The van der Waals surface area contributed by atoms with Gasteiger partial charge in [-0.2, -0.15) is 9.61 Å². The monoisotopic (exact) mass is 377 g/mol. The molecule has 0 spiro atoms. The van der Waals surface area contributed by atoms with Crippen molar-refractivity contribution in [3.8, 4) is 11.1 Å². The molecule has 0 atom stereocenters. The lowest BCUT2D eigenvalue weighted by molar-refractivity contribution is 0.0774. The van der Waals surface area contributed by atoms with Crippen LogP contribution in [0.25, 0.3) is 26.7 Å². The van der Waals surface area contributed by atoms with Crippen LogP contribution in [0.15, 0.2) is 58.8 Å². The zero-order chi connectivity index (χ0) is 19.0. The number of nitrogens with zero attached hydrogens (tertiary/aromatic N) is 3. The summed E-state index contributed by atoms with van der Waals surface area (Å²) in [6, 6.07) is 13.1. The highest BCUT2D eigenvalue weighted by Gasteiger charge is 2.22. The SMILES string of the molecule is CCN(CC)C(=O)c1cc(-c2ccccc2)c(=O)n2ncc3ccsc3c12. The number of carbonyl (C=O) groups excluding carboxylic acids is 1. The van der Waals surface area contributed by atoms with Gasteiger partial charge in [-0.15, -0.1) is 11.3 Å². The Balaban J connectivity index is 2.12. The van der Waals surface area contributed by atoms with Crippen LogP contribution in [-0.2, 0) is 0 Å². The zero-order valence-electron chi connectivity index (χ0n) is 15.2. The standard InChI is InChI=1S/C21H19N3O2S/c1-3-23(4-2)20(25)17-12-16(14-8-6-5-7-9-14)21(26)24-18(17)19-15(13-22-24)10-11-27-19/h5-13H,3-4H2,1-2H3. The van der Waals surface area contributed by atoms with E-state index in [0.717, 1.165) is 15.6 Å². The highest BCUT2D eigenvalue weighted by atomic mass is 32.1. The summed E-state index contributed by atoms with van der Waals surface area (Å²) in [5.41, 5.74) is 2.13. The lowest BCUT2D eigenvalue weighted by Crippen LogP contribution is -2.32. The number of benzene rings is 1. The molecule has 0 saturated heterocycles. The van der Waals surface area contributed by atoms with Crippen molar-refractivity contribution in [1.82, 2.24) is 14.5 Å². The van der Waals surface area contributed by atoms with Crippen LogP contribution in [0.2, 0.25) is 0 Å². The Morgan fingerprint density at radius 1 is 1.15 bits per heavy atom. The van der Waals surface area contributed by atoms with E-state index in [-0.39, 0.29) is 11.5 Å². The molecule has 136 valence electrons. The number of fused-ring (bicyclic) bond motifs is 3. The number of hydrogen-bond donors (Lipinski definition) is 0. The Morgan fingerprint density at radius 2 is 1.89 bits per heavy atom. The van der Waals surface area contributed by atoms with Crippen LogP contribution in [-0.4, -0.2) is 33.5 Å². The number of carbonyl (C=O) groups is 1. The molecule has 4 rings (SSSR count). The predicted octanol–water partition coefficient (Wildman–Crippen LogP) is 4.06. The van der Waals surface area contributed by atoms with Crippen molar-refractivity contribution in [2.75, 3.05) is 13.1 Å². The summed E-state index contributed by atoms with van der Waals surface area (Å²) >= 11 is 1.52. The molecule has 0 fully saturated rings. The van der Waals surface area contributed by atoms with Crippen LogP contribution in [0.5, 0.6) is 0 Å². The highest BCUT2D eigenvalue weighted by Crippen LogP contribution is 2.29. The Kier molecular flexibility index (Phi) is 4.49. The largest absolute Gasteiger partial charge is 0.339 e. The van der Waals surface area contributed by atoms with E-state index in [2.05, 4.69) is 5.10 Å². The Bertz CT molecular complexity index is 1190. The summed E-state index contributed by atoms with van der Waals surface area (Å²) in [6.45, 7) is 5.12. The fraction of sp³-hybridized carbons (Fsp3) is 0.190. The van der Waals surface area contributed by atoms with Crippen molar-refractivity contribution in [3.63, 3.8) is 0 Å². The third kappa shape index (κ3) is 2.82. The molecule has 0 aliphatic heterocycles. The fourth-order valence-corrected chi connectivity index (χ4v) is 4.25. The van der Waals surface area contributed by atoms with Crippen LogP contribution in [0.3, 0.4) is 0 Å². The van der Waals surface area contributed by atoms with E-state index in [9.17, 15) is 9.59 Å². The molecule has 0 saturated carbocycles. The van der Waals surface area contributed by atoms with Crippen molar-refractivity contribution in [3.05, 3.63) is 70.0 Å². The minimum Gasteiger partial charge on any atom is -0.339 e. The number of aromatic nitrogens is 2. The molecule has 0 unspecified atom stereocenters. The van der Waals surface area contributed by atoms with Crippen LogP contribution < -0.4 is 5.56 Å². The smallest absolute Gasteiger partial charge is 0.279 e. The van der Waals surface area contributed by atoms with Crippen LogP contribution >= 0.6 is 11.3 Å². The van der Waals surface area contributed by atoms with Gasteiger partial charge in [0, 0.05) is 24.0 Å². The van der Waals surface area contributed by atoms with E-state index in [4.69, 9.17) is 0 Å². The van der Waals surface area contributed by atoms with Gasteiger partial charge >= 0.3 is 0 Å². The number of pyridine rings is 1. The second-order valence-electron chi connectivity index (χ2n) is 6.23. The molecule has 1 amide bonds. The van der Waals surface area contributed by atoms with Gasteiger partial charge in [-0.05, 0) is 36.9 Å². The summed E-state index contributed by atoms with van der Waals surface area (Å²) in [6.07, 6.45) is 1.68. The molecule has 0 aliphatic carbocycles. The van der Waals surface area contributed by atoms with E-state index < -0.39 is 0 Å². The normalized spacial score (nSPS) is 11.2. The topological polar surface area (TPSA) is 54.7 Å². The van der Waals surface area contributed by atoms with E-state index in [0.29, 0.717) is 29.7 Å². The summed E-state index contributed by atoms with van der Waals surface area (Å²) in [5, 5.41) is 7.24. The third-order valence-corrected chi connectivity index (χ3v) is 5.70. The number of rotatable bonds is 4. The van der Waals surface area contributed by atoms with Crippen LogP contribution in [0, 0.1) is 0 Å². The van der Waals surface area contributed by atoms with Crippen molar-refractivity contribution in [2.45, 2.75) is 13.8 Å². The van der Waals surface area contributed by atoms with Gasteiger partial charge in [-0.3, -0.25) is 9.59 Å². The molecule has 0 bridgehead atoms. The quantitative estimate of drug-likeness (QED) is 0.539. The summed E-state index contributed by atoms with van der Waals surface area (Å²) in [7, 11) is 0. The van der Waals surface area contributed by atoms with E-state index >= 15 is 0 Å². The third-order valence-electron chi connectivity index (χ3n) is 4.77. The van der Waals surface area contributed by atoms with Crippen molar-refractivity contribution < 1.29 is 4.79 Å². The van der Waals surface area contributed by atoms with Gasteiger partial charge in [0.25, 0.3) is 11.5 Å². The van der Waals surface area contributed by atoms with Gasteiger partial charge in [0.15, 0.2) is 0 Å². The lowest BCUT2D eigenvalue weighted by atomic mass is 10.0. The first-order chi connectivity index (χ1) is 13.2. The molecule has 0 aliphatic rings. The second kappa shape index (κ2) is 6.96. The van der Waals surface area contributed by atoms with Gasteiger partial charge in [0.2, 0.25) is 0 Å². The molecule has 1 aromatic carbocycles. The lowest BCUT2D eigenvalue weighted by Gasteiger charge is -2.20. The molecule has 3 aromatic heterocycles. The van der Waals surface area contributed by atoms with Crippen molar-refractivity contribution in [1.29, 1.82) is 0 Å². The summed E-state index contributed by atoms with van der Waals surface area (Å²) < 4.78 is 2.27. The van der Waals surface area contributed by atoms with Gasteiger partial charge in [0.1, 0.15) is 0 Å². The fourth-order valence-electron chi connectivity index (χ4n) is 3.33. The molecule has 27 heavy (non-hydrogen) atoms. The number of thiophene rings is 1. The molecular formula is C21H19N3O2S. The first kappa shape index (κ1) is 17.4. The molecule has 4 aromatic rings. The second-order valence-corrected chi connectivity index (χ2v) is 7.15. The Hall–Kier alpha value is -2.99. The zero-order valence-corrected chi connectivity index (χ0v) is 16.0. The summed E-state index contributed by atoms with van der Waals surface area (Å²) in [5.74, 6) is -0.0858. The minimum atomic E-state index is -0.220. The molecular weight excluding hydrogens is 358 g/mol. The molecule has 0 N–H and O–H groups in total. The summed E-state index contributed by atoms with van der Waals surface area (Å²) in [4.78, 5) is 28.2. The van der Waals surface area contributed by atoms with Gasteiger partial charge < -0.3 is 4.90 Å². The average molecular weight is 377 g/mol. The molecule has 6 heteroatoms. The molecule has 5 nitrogen and oxygen atoms in total. The van der Waals surface area contributed by atoms with Gasteiger partial charge in [-0.1, -0.05) is 30.3 Å². The Morgan fingerprint density at radius 3 is 2.59 bits per heavy atom. The molecule has 0 radical (unpaired) electrons. The van der Waals surface area contributed by atoms with E-state index in [1.807, 2.05) is 55.6 Å². The maximum absolute atomic E-state index is 13.3. The number of hydrogen-bond acceptors (Lipinski definition) is 4. The maximum atomic E-state index is 13.3. The highest BCUT2D eigenvalue weighted by molar-refractivity contribution is 7.18. The van der Waals surface area contributed by atoms with E-state index in [1.54, 1.807) is 17.2 Å².